The van der Waals surface area contributed by atoms with Crippen LogP contribution in [0.5, 0.6) is 17.2 Å². The van der Waals surface area contributed by atoms with Gasteiger partial charge in [0.15, 0.2) is 11.6 Å². The van der Waals surface area contributed by atoms with Gasteiger partial charge in [-0.05, 0) is 45.3 Å². The van der Waals surface area contributed by atoms with Gasteiger partial charge >= 0.3 is 17.7 Å². The summed E-state index contributed by atoms with van der Waals surface area (Å²) in [5, 5.41) is 47.3. The second-order valence-corrected chi connectivity index (χ2v) is 21.0. The van der Waals surface area contributed by atoms with Crippen LogP contribution in [0.3, 0.4) is 0 Å². The van der Waals surface area contributed by atoms with Crippen molar-refractivity contribution in [1.29, 1.82) is 0 Å². The highest BCUT2D eigenvalue weighted by atomic mass is 19.1. The van der Waals surface area contributed by atoms with Crippen molar-refractivity contribution in [3.63, 3.8) is 0 Å². The molecule has 9 rings (SSSR count). The van der Waals surface area contributed by atoms with Crippen molar-refractivity contribution in [3.8, 4) is 17.2 Å². The molecule has 5 N–H and O–H groups in total. The molecule has 2 aliphatic carbocycles. The molecule has 1 amide bonds. The molecule has 77 heavy (non-hydrogen) atoms. The first-order valence-corrected chi connectivity index (χ1v) is 25.5. The van der Waals surface area contributed by atoms with Gasteiger partial charge in [0.2, 0.25) is 17.0 Å². The number of amides is 1. The van der Waals surface area contributed by atoms with Crippen molar-refractivity contribution >= 4 is 51.8 Å². The lowest BCUT2D eigenvalue weighted by Gasteiger charge is -2.38. The number of methoxy groups -OCH3 is 2. The van der Waals surface area contributed by atoms with Gasteiger partial charge in [-0.25, -0.2) is 9.18 Å². The number of ketones is 3. The number of carbonyl (C=O) groups excluding carboxylic acids is 5. The lowest BCUT2D eigenvalue weighted by atomic mass is 9.78. The Bertz CT molecular complexity index is 3190. The quantitative estimate of drug-likeness (QED) is 0.170. The molecule has 10 atom stereocenters. The van der Waals surface area contributed by atoms with Crippen LogP contribution in [0.1, 0.15) is 121 Å². The summed E-state index contributed by atoms with van der Waals surface area (Å²) in [6.45, 7) is 12.2. The molecule has 412 valence electrons. The maximum atomic E-state index is 16.6. The molecule has 6 aliphatic rings. The lowest BCUT2D eigenvalue weighted by molar-refractivity contribution is -0.160. The third-order valence-corrected chi connectivity index (χ3v) is 15.9. The van der Waals surface area contributed by atoms with Crippen LogP contribution in [0.2, 0.25) is 0 Å². The average Bonchev–Trinajstić information content (AvgIpc) is 4.19. The summed E-state index contributed by atoms with van der Waals surface area (Å²) in [7, 11) is 4.20. The summed E-state index contributed by atoms with van der Waals surface area (Å²) >= 11 is 0. The number of nitrogens with one attached hydrogen (secondary N) is 1. The number of phenolic OH excluding ortho intramolecular Hbond substituents is 1. The molecule has 1 unspecified atom stereocenters. The number of aromatic nitrogens is 1. The third kappa shape index (κ3) is 9.77. The third-order valence-electron chi connectivity index (χ3n) is 15.9. The zero-order chi connectivity index (χ0) is 56.4. The fraction of sp³-hybridized carbons (Fsp3) is 0.482. The van der Waals surface area contributed by atoms with Gasteiger partial charge in [-0.2, -0.15) is 0 Å². The first-order chi connectivity index (χ1) is 36.3. The summed E-state index contributed by atoms with van der Waals surface area (Å²) in [5.74, 6) is -12.7. The summed E-state index contributed by atoms with van der Waals surface area (Å²) in [5.41, 5.74) is -3.66. The van der Waals surface area contributed by atoms with Crippen LogP contribution in [0, 0.1) is 36.4 Å². The number of allylic oxidation sites excluding steroid dienone is 4. The summed E-state index contributed by atoms with van der Waals surface area (Å²) in [6, 6.07) is 0.0942. The molecule has 4 aliphatic heterocycles. The van der Waals surface area contributed by atoms with Crippen LogP contribution in [0.4, 0.5) is 10.1 Å². The number of phenols is 1. The molecule has 5 heterocycles. The molecule has 5 bridgehead atoms. The number of aliphatic hydroxyl groups excluding tert-OH is 2. The van der Waals surface area contributed by atoms with E-state index in [1.807, 2.05) is 0 Å². The van der Waals surface area contributed by atoms with E-state index in [1.54, 1.807) is 43.2 Å². The normalized spacial score (nSPS) is 29.6. The monoisotopic (exact) mass is 1070 g/mol. The van der Waals surface area contributed by atoms with Crippen molar-refractivity contribution in [3.05, 3.63) is 104 Å². The van der Waals surface area contributed by atoms with Crippen molar-refractivity contribution < 1.29 is 77.3 Å². The zero-order valence-electron chi connectivity index (χ0n) is 44.8. The van der Waals surface area contributed by atoms with E-state index in [4.69, 9.17) is 23.7 Å². The number of carbonyl (C=O) groups is 6. The number of likely N-dealkylation sites (N-methyl/N-ethyl adjacent to an activating group) is 1. The number of carboxylic acid groups (broad SMARTS) is 1. The minimum absolute atomic E-state index is 0.0159. The van der Waals surface area contributed by atoms with Crippen molar-refractivity contribution in [1.82, 2.24) is 14.8 Å². The van der Waals surface area contributed by atoms with Gasteiger partial charge in [0.05, 0.1) is 59.3 Å². The maximum absolute atomic E-state index is 16.6. The standard InChI is InChI=1S/C56H65FN4O16/c1-24-13-12-14-25(2)54(70)58-40-43(59(9)32-17-19-60(22-32)42-35(57)21-33-41(52(42)74-11)61(31-15-16-31)23-34(47(33)66)55(71)72)49(68)37-38(48(40)67)46(65)29(6)51-39(37)53(69)56(8,77-51)75-20-18-36(73-10)26(3)50(76-30(7)62)28(5)45(64)27(4)44(24)63/h12-14,18,20-21,23-24,26-28,31-32,36,44-45,50,63-65H,15-17,19,22H2,1-11H3,(H,58,70)(H,71,72)/b13-12+,20-18+,25-14-/t24-,26-,27-,28-,32?,36+,44+,45+,50-,56+/m1/s1. The van der Waals surface area contributed by atoms with E-state index in [2.05, 4.69) is 5.32 Å². The molecule has 3 aromatic rings. The molecule has 0 radical (unpaired) electrons. The molecular weight excluding hydrogens is 1000 g/mol. The number of Topliss-reactive ketones (excluding diaryl/α,β-unsaturated/α-hetero) is 3. The number of hydrogen-bond acceptors (Lipinski definition) is 17. The van der Waals surface area contributed by atoms with E-state index in [1.165, 1.54) is 78.3 Å². The number of carboxylic acids is 1. The highest BCUT2D eigenvalue weighted by molar-refractivity contribution is 6.32. The Hall–Kier alpha value is -7.36. The smallest absolute Gasteiger partial charge is 0.341 e. The minimum Gasteiger partial charge on any atom is -0.507 e. The minimum atomic E-state index is -2.21. The number of halogens is 1. The first kappa shape index (κ1) is 55.9. The van der Waals surface area contributed by atoms with E-state index in [0.29, 0.717) is 12.8 Å². The second-order valence-electron chi connectivity index (χ2n) is 21.0. The molecule has 1 saturated heterocycles. The van der Waals surface area contributed by atoms with E-state index in [-0.39, 0.29) is 76.0 Å². The number of nitrogens with zero attached hydrogens (tertiary/aromatic N) is 3. The van der Waals surface area contributed by atoms with E-state index < -0.39 is 134 Å². The Kier molecular flexibility index (Phi) is 15.4. The number of esters is 1. The van der Waals surface area contributed by atoms with Crippen molar-refractivity contribution in [2.45, 2.75) is 117 Å². The number of hydrogen-bond donors (Lipinski definition) is 5. The number of aromatic carboxylic acids is 1. The molecular formula is C56H65FN4O16. The van der Waals surface area contributed by atoms with Crippen LogP contribution >= 0.6 is 0 Å². The van der Waals surface area contributed by atoms with Gasteiger partial charge in [-0.1, -0.05) is 45.9 Å². The highest BCUT2D eigenvalue weighted by Gasteiger charge is 2.53. The zero-order valence-corrected chi connectivity index (χ0v) is 44.8. The molecule has 0 spiro atoms. The van der Waals surface area contributed by atoms with Gasteiger partial charge in [-0.15, -0.1) is 0 Å². The Morgan fingerprint density at radius 3 is 2.25 bits per heavy atom. The fourth-order valence-corrected chi connectivity index (χ4v) is 11.2. The number of fused-ring (bicyclic) bond motifs is 15. The van der Waals surface area contributed by atoms with Gasteiger partial charge < -0.3 is 63.8 Å². The number of pyridine rings is 1. The molecule has 1 saturated carbocycles. The van der Waals surface area contributed by atoms with Gasteiger partial charge in [0.1, 0.15) is 40.2 Å². The van der Waals surface area contributed by atoms with Crippen LogP contribution < -0.4 is 25.1 Å². The summed E-state index contributed by atoms with van der Waals surface area (Å²) < 4.78 is 47.8. The number of anilines is 1. The number of aromatic hydroxyl groups is 1. The summed E-state index contributed by atoms with van der Waals surface area (Å²) in [6.07, 6.45) is 5.74. The molecule has 20 nitrogen and oxygen atoms in total. The number of benzene rings is 2. The van der Waals surface area contributed by atoms with Crippen LogP contribution in [0.25, 0.3) is 10.9 Å². The van der Waals surface area contributed by atoms with Crippen LogP contribution in [-0.2, 0) is 23.8 Å². The second kappa shape index (κ2) is 21.2. The van der Waals surface area contributed by atoms with Crippen LogP contribution in [-0.4, -0.2) is 136 Å². The van der Waals surface area contributed by atoms with Gasteiger partial charge in [0, 0.05) is 94.2 Å². The van der Waals surface area contributed by atoms with Crippen LogP contribution in [0.15, 0.2) is 64.6 Å². The number of rotatable bonds is 8. The number of ether oxygens (including phenoxy) is 5. The maximum Gasteiger partial charge on any atom is 0.341 e. The Morgan fingerprint density at radius 1 is 0.935 bits per heavy atom. The summed E-state index contributed by atoms with van der Waals surface area (Å²) in [4.78, 5) is 101. The topological polar surface area (TPSA) is 270 Å². The predicted molar refractivity (Wildman–Crippen MR) is 277 cm³/mol. The number of aliphatic hydroxyl groups is 2. The van der Waals surface area contributed by atoms with E-state index >= 15 is 14.0 Å². The molecule has 21 heteroatoms. The van der Waals surface area contributed by atoms with Crippen molar-refractivity contribution in [2.24, 2.45) is 23.7 Å². The fourth-order valence-electron chi connectivity index (χ4n) is 11.2. The van der Waals surface area contributed by atoms with Gasteiger partial charge in [-0.3, -0.25) is 28.8 Å². The molecule has 1 aromatic heterocycles. The molecule has 2 aromatic carbocycles. The Labute approximate surface area is 443 Å². The predicted octanol–water partition coefficient (Wildman–Crippen LogP) is 5.66. The molecule has 2 fully saturated rings. The largest absolute Gasteiger partial charge is 0.507 e. The van der Waals surface area contributed by atoms with Gasteiger partial charge in [0.25, 0.3) is 11.7 Å². The highest BCUT2D eigenvalue weighted by Crippen LogP contribution is 2.50. The Balaban J connectivity index is 1.23. The lowest BCUT2D eigenvalue weighted by Crippen LogP contribution is -2.46. The Morgan fingerprint density at radius 2 is 1.62 bits per heavy atom. The van der Waals surface area contributed by atoms with Crippen molar-refractivity contribution in [2.75, 3.05) is 39.3 Å². The van der Waals surface area contributed by atoms with E-state index in [9.17, 15) is 44.4 Å². The first-order valence-electron chi connectivity index (χ1n) is 25.5. The SMILES string of the molecule is COc1c(N2CCC(N(C)C3=C4NC(=O)/C(C)=C\C=C\[C@@H](C)[C@H](O)[C@@H](C)[C@H](O)[C@@H](C)[C@H](OC(C)=O)[C@H](C)[C@@H](OC)/C=C/O[C@@]5(C)Oc6c(C)c(O)c(c(c6C5=O)C3=O)C4=O)C2)c(F)cc2c(=O)c(C(=O)O)cn(C3CC3)c12. The average molecular weight is 1070 g/mol. The van der Waals surface area contributed by atoms with E-state index in [0.717, 1.165) is 12.3 Å².